The van der Waals surface area contributed by atoms with Crippen molar-refractivity contribution in [3.05, 3.63) is 70.2 Å². The van der Waals surface area contributed by atoms with Crippen molar-refractivity contribution in [2.24, 2.45) is 0 Å². The van der Waals surface area contributed by atoms with Crippen LogP contribution in [0.2, 0.25) is 5.02 Å². The summed E-state index contributed by atoms with van der Waals surface area (Å²) in [6.45, 7) is 0.561. The molecule has 8 heteroatoms. The topological polar surface area (TPSA) is 80.3 Å². The monoisotopic (exact) mass is 469 g/mol. The predicted octanol–water partition coefficient (Wildman–Crippen LogP) is 4.02. The quantitative estimate of drug-likeness (QED) is 0.470. The van der Waals surface area contributed by atoms with E-state index < -0.39 is 0 Å². The highest BCUT2D eigenvalue weighted by Crippen LogP contribution is 2.30. The highest BCUT2D eigenvalue weighted by molar-refractivity contribution is 7.13. The molecule has 4 rings (SSSR count). The van der Waals surface area contributed by atoms with Crippen LogP contribution < -0.4 is 15.4 Å². The van der Waals surface area contributed by atoms with Gasteiger partial charge in [0.15, 0.2) is 6.61 Å². The highest BCUT2D eigenvalue weighted by Gasteiger charge is 2.23. The Labute approximate surface area is 196 Å². The molecule has 1 aromatic heterocycles. The standard InChI is InChI=1S/C24H24ClN3O3S/c25-21-4-2-1-3-20(21)24-28-18(15-32-24)13-22(29)26-12-11-16-5-9-19(10-6-16)31-14-23(30)27-17-7-8-17/h1-6,9-10,15,17H,7-8,11-14H2,(H,26,29)(H,27,30). The van der Waals surface area contributed by atoms with Crippen LogP contribution in [0.4, 0.5) is 0 Å². The van der Waals surface area contributed by atoms with Gasteiger partial charge in [-0.1, -0.05) is 41.9 Å². The molecule has 0 atom stereocenters. The summed E-state index contributed by atoms with van der Waals surface area (Å²) in [4.78, 5) is 28.5. The lowest BCUT2D eigenvalue weighted by Crippen LogP contribution is -2.30. The highest BCUT2D eigenvalue weighted by atomic mass is 35.5. The van der Waals surface area contributed by atoms with Crippen molar-refractivity contribution in [1.82, 2.24) is 15.6 Å². The first-order valence-electron chi connectivity index (χ1n) is 10.5. The van der Waals surface area contributed by atoms with Gasteiger partial charge in [-0.05, 0) is 43.0 Å². The minimum absolute atomic E-state index is 0.0285. The third-order valence-corrected chi connectivity index (χ3v) is 6.22. The van der Waals surface area contributed by atoms with Gasteiger partial charge < -0.3 is 15.4 Å². The number of rotatable bonds is 10. The Morgan fingerprint density at radius 3 is 2.62 bits per heavy atom. The SMILES string of the molecule is O=C(Cc1csc(-c2ccccc2Cl)n1)NCCc1ccc(OCC(=O)NC2CC2)cc1. The fraction of sp³-hybridized carbons (Fsp3) is 0.292. The molecule has 1 aliphatic rings. The molecule has 2 N–H and O–H groups in total. The van der Waals surface area contributed by atoms with Crippen molar-refractivity contribution in [3.8, 4) is 16.3 Å². The van der Waals surface area contributed by atoms with Gasteiger partial charge in [-0.25, -0.2) is 4.98 Å². The van der Waals surface area contributed by atoms with E-state index in [0.29, 0.717) is 29.8 Å². The van der Waals surface area contributed by atoms with E-state index in [-0.39, 0.29) is 24.8 Å². The van der Waals surface area contributed by atoms with E-state index in [2.05, 4.69) is 15.6 Å². The number of nitrogens with zero attached hydrogens (tertiary/aromatic N) is 1. The summed E-state index contributed by atoms with van der Waals surface area (Å²) in [6, 6.07) is 15.4. The average molecular weight is 470 g/mol. The van der Waals surface area contributed by atoms with Crippen LogP contribution in [0.3, 0.4) is 0 Å². The Kier molecular flexibility index (Phi) is 7.39. The van der Waals surface area contributed by atoms with E-state index in [1.165, 1.54) is 11.3 Å². The third-order valence-electron chi connectivity index (χ3n) is 4.97. The van der Waals surface area contributed by atoms with E-state index >= 15 is 0 Å². The molecule has 166 valence electrons. The second-order valence-corrected chi connectivity index (χ2v) is 8.94. The van der Waals surface area contributed by atoms with E-state index in [4.69, 9.17) is 16.3 Å². The van der Waals surface area contributed by atoms with E-state index in [0.717, 1.165) is 34.7 Å². The summed E-state index contributed by atoms with van der Waals surface area (Å²) in [5, 5.41) is 9.17. The Morgan fingerprint density at radius 2 is 1.88 bits per heavy atom. The zero-order valence-electron chi connectivity index (χ0n) is 17.5. The summed E-state index contributed by atoms with van der Waals surface area (Å²) in [5.41, 5.74) is 2.69. The molecule has 1 saturated carbocycles. The lowest BCUT2D eigenvalue weighted by atomic mass is 10.1. The molecule has 0 radical (unpaired) electrons. The van der Waals surface area contributed by atoms with Gasteiger partial charge in [-0.2, -0.15) is 0 Å². The maximum Gasteiger partial charge on any atom is 0.258 e. The number of hydrogen-bond donors (Lipinski definition) is 2. The number of carbonyl (C=O) groups excluding carboxylic acids is 2. The number of benzene rings is 2. The minimum Gasteiger partial charge on any atom is -0.484 e. The van der Waals surface area contributed by atoms with Crippen molar-refractivity contribution < 1.29 is 14.3 Å². The molecule has 0 spiro atoms. The Balaban J connectivity index is 1.18. The molecule has 3 aromatic rings. The van der Waals surface area contributed by atoms with Crippen LogP contribution in [0, 0.1) is 0 Å². The Morgan fingerprint density at radius 1 is 1.09 bits per heavy atom. The van der Waals surface area contributed by atoms with Crippen LogP contribution in [0.5, 0.6) is 5.75 Å². The van der Waals surface area contributed by atoms with Gasteiger partial charge in [-0.3, -0.25) is 9.59 Å². The van der Waals surface area contributed by atoms with Crippen LogP contribution in [-0.4, -0.2) is 36.0 Å². The predicted molar refractivity (Wildman–Crippen MR) is 126 cm³/mol. The van der Waals surface area contributed by atoms with Crippen molar-refractivity contribution in [3.63, 3.8) is 0 Å². The molecular weight excluding hydrogens is 446 g/mol. The van der Waals surface area contributed by atoms with Gasteiger partial charge in [0.2, 0.25) is 5.91 Å². The van der Waals surface area contributed by atoms with Crippen LogP contribution in [0.1, 0.15) is 24.1 Å². The lowest BCUT2D eigenvalue weighted by Gasteiger charge is -2.08. The molecule has 1 aliphatic carbocycles. The fourth-order valence-electron chi connectivity index (χ4n) is 3.12. The number of ether oxygens (including phenoxy) is 1. The zero-order chi connectivity index (χ0) is 22.3. The number of amides is 2. The number of halogens is 1. The van der Waals surface area contributed by atoms with Gasteiger partial charge in [-0.15, -0.1) is 11.3 Å². The molecule has 0 unspecified atom stereocenters. The van der Waals surface area contributed by atoms with E-state index in [9.17, 15) is 9.59 Å². The first-order valence-corrected chi connectivity index (χ1v) is 11.8. The van der Waals surface area contributed by atoms with Crippen LogP contribution >= 0.6 is 22.9 Å². The van der Waals surface area contributed by atoms with Crippen molar-refractivity contribution >= 4 is 34.8 Å². The number of carbonyl (C=O) groups is 2. The van der Waals surface area contributed by atoms with Gasteiger partial charge in [0, 0.05) is 23.5 Å². The third kappa shape index (κ3) is 6.55. The van der Waals surface area contributed by atoms with E-state index in [1.807, 2.05) is 53.9 Å². The molecule has 2 amide bonds. The molecule has 1 heterocycles. The van der Waals surface area contributed by atoms with Gasteiger partial charge in [0.25, 0.3) is 5.91 Å². The summed E-state index contributed by atoms with van der Waals surface area (Å²) < 4.78 is 5.51. The normalized spacial score (nSPS) is 12.9. The number of nitrogens with one attached hydrogen (secondary N) is 2. The Bertz CT molecular complexity index is 1080. The van der Waals surface area contributed by atoms with Crippen molar-refractivity contribution in [2.45, 2.75) is 31.7 Å². The number of hydrogen-bond acceptors (Lipinski definition) is 5. The molecule has 0 aliphatic heterocycles. The van der Waals surface area contributed by atoms with Gasteiger partial charge in [0.1, 0.15) is 10.8 Å². The van der Waals surface area contributed by atoms with E-state index in [1.54, 1.807) is 0 Å². The molecule has 6 nitrogen and oxygen atoms in total. The van der Waals surface area contributed by atoms with Crippen LogP contribution in [-0.2, 0) is 22.4 Å². The zero-order valence-corrected chi connectivity index (χ0v) is 19.0. The summed E-state index contributed by atoms with van der Waals surface area (Å²) in [6.07, 6.45) is 3.06. The van der Waals surface area contributed by atoms with Crippen molar-refractivity contribution in [1.29, 1.82) is 0 Å². The maximum absolute atomic E-state index is 12.3. The van der Waals surface area contributed by atoms with Gasteiger partial charge >= 0.3 is 0 Å². The second-order valence-electron chi connectivity index (χ2n) is 7.67. The van der Waals surface area contributed by atoms with Gasteiger partial charge in [0.05, 0.1) is 17.1 Å². The minimum atomic E-state index is -0.0848. The molecule has 0 bridgehead atoms. The fourth-order valence-corrected chi connectivity index (χ4v) is 4.26. The smallest absolute Gasteiger partial charge is 0.258 e. The number of thiazole rings is 1. The summed E-state index contributed by atoms with van der Waals surface area (Å²) in [5.74, 6) is 0.502. The van der Waals surface area contributed by atoms with Crippen LogP contribution in [0.15, 0.2) is 53.9 Å². The number of aromatic nitrogens is 1. The largest absolute Gasteiger partial charge is 0.484 e. The van der Waals surface area contributed by atoms with Crippen LogP contribution in [0.25, 0.3) is 10.6 Å². The Hall–Kier alpha value is -2.90. The van der Waals surface area contributed by atoms with Crippen molar-refractivity contribution in [2.75, 3.05) is 13.2 Å². The molecule has 0 saturated heterocycles. The maximum atomic E-state index is 12.3. The first-order chi connectivity index (χ1) is 15.6. The molecule has 2 aromatic carbocycles. The molecule has 32 heavy (non-hydrogen) atoms. The second kappa shape index (κ2) is 10.6. The summed E-state index contributed by atoms with van der Waals surface area (Å²) >= 11 is 7.70. The molecular formula is C24H24ClN3O3S. The first kappa shape index (κ1) is 22.3. The lowest BCUT2D eigenvalue weighted by molar-refractivity contribution is -0.123. The average Bonchev–Trinajstić information content (AvgIpc) is 3.48. The summed E-state index contributed by atoms with van der Waals surface area (Å²) in [7, 11) is 0. The molecule has 1 fully saturated rings.